The van der Waals surface area contributed by atoms with Gasteiger partial charge in [-0.2, -0.15) is 18.4 Å². The molecule has 1 aromatic carbocycles. The number of nitrogens with one attached hydrogen (secondary N) is 1. The van der Waals surface area contributed by atoms with Gasteiger partial charge in [-0.15, -0.1) is 35.3 Å². The zero-order valence-electron chi connectivity index (χ0n) is 18.3. The summed E-state index contributed by atoms with van der Waals surface area (Å²) in [5, 5.41) is 12.8. The highest BCUT2D eigenvalue weighted by Crippen LogP contribution is 2.42. The summed E-state index contributed by atoms with van der Waals surface area (Å²) in [5.41, 5.74) is 1.73. The third-order valence-electron chi connectivity index (χ3n) is 6.70. The van der Waals surface area contributed by atoms with E-state index in [4.69, 9.17) is 5.26 Å². The topological polar surface area (TPSA) is 54.7 Å². The molecule has 2 saturated heterocycles. The number of hydrogen-bond donors (Lipinski definition) is 1. The Morgan fingerprint density at radius 1 is 1.18 bits per heavy atom. The van der Waals surface area contributed by atoms with Gasteiger partial charge in [-0.3, -0.25) is 4.90 Å². The van der Waals surface area contributed by atoms with Crippen LogP contribution in [0.2, 0.25) is 0 Å². The number of rotatable bonds is 3. The van der Waals surface area contributed by atoms with Crippen molar-refractivity contribution in [1.82, 2.24) is 9.80 Å². The summed E-state index contributed by atoms with van der Waals surface area (Å²) in [7, 11) is 0. The number of fused-ring (bicyclic) bond motifs is 1. The quantitative estimate of drug-likeness (QED) is 0.386. The van der Waals surface area contributed by atoms with Crippen molar-refractivity contribution >= 4 is 46.2 Å². The molecule has 1 unspecified atom stereocenters. The third-order valence-corrected chi connectivity index (χ3v) is 7.79. The Morgan fingerprint density at radius 2 is 1.97 bits per heavy atom. The van der Waals surface area contributed by atoms with Gasteiger partial charge >= 0.3 is 6.18 Å². The van der Waals surface area contributed by atoms with E-state index in [1.807, 2.05) is 6.07 Å². The lowest BCUT2D eigenvalue weighted by Gasteiger charge is -2.28. The summed E-state index contributed by atoms with van der Waals surface area (Å²) < 4.78 is 52.9. The summed E-state index contributed by atoms with van der Waals surface area (Å²) in [6, 6.07) is 8.18. The van der Waals surface area contributed by atoms with Crippen LogP contribution < -0.4 is 5.32 Å². The van der Waals surface area contributed by atoms with E-state index >= 15 is 0 Å². The minimum absolute atomic E-state index is 0. The molecular formula is C23H24F4IN5S. The Kier molecular flexibility index (Phi) is 7.13. The Hall–Kier alpha value is -1.91. The van der Waals surface area contributed by atoms with Crippen LogP contribution in [0, 0.1) is 22.6 Å². The van der Waals surface area contributed by atoms with Crippen molar-refractivity contribution < 1.29 is 17.6 Å². The molecule has 5 nitrogen and oxygen atoms in total. The molecule has 11 heteroatoms. The Labute approximate surface area is 216 Å². The van der Waals surface area contributed by atoms with Gasteiger partial charge in [-0.25, -0.2) is 9.38 Å². The minimum atomic E-state index is -4.23. The van der Waals surface area contributed by atoms with Gasteiger partial charge in [0.2, 0.25) is 0 Å². The average Bonchev–Trinajstić information content (AvgIpc) is 3.46. The highest BCUT2D eigenvalue weighted by molar-refractivity contribution is 14.0. The van der Waals surface area contributed by atoms with Gasteiger partial charge in [0.05, 0.1) is 23.6 Å². The predicted octanol–water partition coefficient (Wildman–Crippen LogP) is 5.21. The van der Waals surface area contributed by atoms with E-state index in [9.17, 15) is 17.6 Å². The zero-order chi connectivity index (χ0) is 23.2. The fraction of sp³-hybridized carbons (Fsp3) is 0.478. The van der Waals surface area contributed by atoms with Crippen LogP contribution >= 0.6 is 35.3 Å². The first kappa shape index (κ1) is 25.2. The lowest BCUT2D eigenvalue weighted by molar-refractivity contribution is -0.126. The maximum atomic E-state index is 14.3. The van der Waals surface area contributed by atoms with E-state index in [-0.39, 0.29) is 35.2 Å². The molecule has 3 aliphatic heterocycles. The standard InChI is InChI=1S/C23H23F4N5S.HI/c24-19-7-15(10-28)1-2-16(19)11-31-5-3-22(12-31)4-6-32(13-22)20-18-8-17(9-23(25,26)27)33-21(18)30-14-29-20;/h1-2,7-8,30H,3-6,9,11-14H2;1H. The largest absolute Gasteiger partial charge is 0.393 e. The molecule has 0 bridgehead atoms. The minimum Gasteiger partial charge on any atom is -0.357 e. The number of aliphatic imine (C=N–C) groups is 1. The number of likely N-dealkylation sites (tertiary alicyclic amines) is 2. The van der Waals surface area contributed by atoms with Crippen molar-refractivity contribution in [2.24, 2.45) is 10.4 Å². The van der Waals surface area contributed by atoms with Crippen LogP contribution in [0.4, 0.5) is 22.6 Å². The molecule has 3 aliphatic rings. The number of anilines is 1. The molecule has 1 atom stereocenters. The molecule has 0 aliphatic carbocycles. The Bertz CT molecular complexity index is 1140. The van der Waals surface area contributed by atoms with Gasteiger partial charge in [0.25, 0.3) is 0 Å². The summed E-state index contributed by atoms with van der Waals surface area (Å²) in [4.78, 5) is 9.34. The van der Waals surface area contributed by atoms with E-state index < -0.39 is 12.6 Å². The van der Waals surface area contributed by atoms with Crippen molar-refractivity contribution in [1.29, 1.82) is 5.26 Å². The van der Waals surface area contributed by atoms with Crippen LogP contribution in [-0.4, -0.2) is 54.7 Å². The third kappa shape index (κ3) is 5.18. The van der Waals surface area contributed by atoms with E-state index in [1.54, 1.807) is 18.2 Å². The Morgan fingerprint density at radius 3 is 2.71 bits per heavy atom. The van der Waals surface area contributed by atoms with Crippen LogP contribution in [0.1, 0.15) is 34.4 Å². The van der Waals surface area contributed by atoms with Gasteiger partial charge in [0, 0.05) is 42.0 Å². The molecule has 0 saturated carbocycles. The number of hydrogen-bond acceptors (Lipinski definition) is 6. The first-order chi connectivity index (χ1) is 15.7. The van der Waals surface area contributed by atoms with Gasteiger partial charge in [0.1, 0.15) is 23.3 Å². The fourth-order valence-electron chi connectivity index (χ4n) is 5.16. The lowest BCUT2D eigenvalue weighted by Crippen LogP contribution is -2.36. The van der Waals surface area contributed by atoms with Crippen LogP contribution in [0.3, 0.4) is 0 Å². The molecule has 0 radical (unpaired) electrons. The van der Waals surface area contributed by atoms with Crippen molar-refractivity contribution in [2.45, 2.75) is 32.0 Å². The van der Waals surface area contributed by atoms with Crippen LogP contribution in [-0.2, 0) is 13.0 Å². The summed E-state index contributed by atoms with van der Waals surface area (Å²) in [5.74, 6) is 0.425. The molecule has 1 N–H and O–H groups in total. The first-order valence-corrected chi connectivity index (χ1v) is 11.7. The Balaban J connectivity index is 0.00000274. The van der Waals surface area contributed by atoms with E-state index in [2.05, 4.69) is 20.1 Å². The maximum absolute atomic E-state index is 14.3. The van der Waals surface area contributed by atoms with Gasteiger partial charge in [0.15, 0.2) is 0 Å². The monoisotopic (exact) mass is 605 g/mol. The van der Waals surface area contributed by atoms with Gasteiger partial charge in [-0.05, 0) is 37.6 Å². The molecule has 1 spiro atoms. The summed E-state index contributed by atoms with van der Waals surface area (Å²) in [6.07, 6.45) is -3.20. The second-order valence-electron chi connectivity index (χ2n) is 9.11. The predicted molar refractivity (Wildman–Crippen MR) is 134 cm³/mol. The summed E-state index contributed by atoms with van der Waals surface area (Å²) in [6.45, 7) is 4.16. The molecule has 34 heavy (non-hydrogen) atoms. The second-order valence-corrected chi connectivity index (χ2v) is 10.3. The molecule has 1 aromatic heterocycles. The smallest absolute Gasteiger partial charge is 0.357 e. The molecule has 4 heterocycles. The number of nitriles is 1. The lowest BCUT2D eigenvalue weighted by atomic mass is 9.86. The van der Waals surface area contributed by atoms with Crippen molar-refractivity contribution in [3.05, 3.63) is 51.7 Å². The highest BCUT2D eigenvalue weighted by atomic mass is 127. The van der Waals surface area contributed by atoms with Gasteiger partial charge in [-0.1, -0.05) is 6.07 Å². The number of nitrogens with zero attached hydrogens (tertiary/aromatic N) is 4. The number of halogens is 5. The summed E-state index contributed by atoms with van der Waals surface area (Å²) >= 11 is 1.15. The molecule has 2 aromatic rings. The molecule has 2 fully saturated rings. The van der Waals surface area contributed by atoms with E-state index in [0.717, 1.165) is 66.8 Å². The van der Waals surface area contributed by atoms with Gasteiger partial charge < -0.3 is 10.2 Å². The van der Waals surface area contributed by atoms with E-state index in [1.165, 1.54) is 6.07 Å². The van der Waals surface area contributed by atoms with Crippen molar-refractivity contribution in [3.8, 4) is 6.07 Å². The highest BCUT2D eigenvalue weighted by Gasteiger charge is 2.45. The molecule has 5 rings (SSSR count). The SMILES string of the molecule is I.N#Cc1ccc(CN2CCC3(CCN(C4=NCNc5sc(CC(F)(F)F)cc54)C3)C2)c(F)c1. The first-order valence-electron chi connectivity index (χ1n) is 10.9. The second kappa shape index (κ2) is 9.62. The number of alkyl halides is 3. The van der Waals surface area contributed by atoms with Crippen LogP contribution in [0.5, 0.6) is 0 Å². The fourth-order valence-corrected chi connectivity index (χ4v) is 6.24. The number of benzene rings is 1. The maximum Gasteiger partial charge on any atom is 0.393 e. The van der Waals surface area contributed by atoms with Crippen LogP contribution in [0.25, 0.3) is 0 Å². The van der Waals surface area contributed by atoms with Crippen LogP contribution in [0.15, 0.2) is 29.3 Å². The molecular weight excluding hydrogens is 581 g/mol. The zero-order valence-corrected chi connectivity index (χ0v) is 21.4. The number of amidine groups is 1. The van der Waals surface area contributed by atoms with E-state index in [0.29, 0.717) is 29.2 Å². The van der Waals surface area contributed by atoms with Crippen molar-refractivity contribution in [3.63, 3.8) is 0 Å². The normalized spacial score (nSPS) is 22.2. The van der Waals surface area contributed by atoms with Crippen molar-refractivity contribution in [2.75, 3.05) is 38.2 Å². The molecule has 0 amide bonds. The average molecular weight is 605 g/mol. The number of thiophene rings is 1. The molecule has 182 valence electrons.